The zero-order chi connectivity index (χ0) is 21.7. The highest BCUT2D eigenvalue weighted by molar-refractivity contribution is 6.31. The molecule has 1 aliphatic heterocycles. The maximum atomic E-state index is 6.80. The predicted molar refractivity (Wildman–Crippen MR) is 127 cm³/mol. The van der Waals surface area contributed by atoms with Crippen LogP contribution in [-0.4, -0.2) is 25.2 Å². The highest BCUT2D eigenvalue weighted by Crippen LogP contribution is 2.52. The molecule has 0 spiro atoms. The first-order valence-corrected chi connectivity index (χ1v) is 12.0. The minimum atomic E-state index is 0.0381. The number of rotatable bonds is 9. The SMILES string of the molecule is C=C[C@]1(CCC)CCC(c2ccc(C3=NC(CCC)NO3)cc2Cl)CC1C(C)NC. The van der Waals surface area contributed by atoms with Gasteiger partial charge in [0.2, 0.25) is 5.90 Å². The molecule has 166 valence electrons. The van der Waals surface area contributed by atoms with E-state index in [0.29, 0.717) is 23.8 Å². The van der Waals surface area contributed by atoms with Gasteiger partial charge in [-0.25, -0.2) is 4.99 Å². The summed E-state index contributed by atoms with van der Waals surface area (Å²) < 4.78 is 0. The van der Waals surface area contributed by atoms with Crippen LogP contribution >= 0.6 is 11.6 Å². The molecule has 2 aliphatic rings. The van der Waals surface area contributed by atoms with E-state index in [1.54, 1.807) is 0 Å². The first-order chi connectivity index (χ1) is 14.5. The number of halogens is 1. The minimum absolute atomic E-state index is 0.0381. The quantitative estimate of drug-likeness (QED) is 0.456. The largest absolute Gasteiger partial charge is 0.386 e. The molecule has 4 unspecified atom stereocenters. The van der Waals surface area contributed by atoms with Crippen LogP contribution in [0.15, 0.2) is 35.8 Å². The van der Waals surface area contributed by atoms with Crippen molar-refractivity contribution in [3.05, 3.63) is 47.0 Å². The van der Waals surface area contributed by atoms with Gasteiger partial charge in [-0.3, -0.25) is 0 Å². The molecule has 1 aromatic rings. The maximum absolute atomic E-state index is 6.80. The molecule has 1 fully saturated rings. The van der Waals surface area contributed by atoms with E-state index >= 15 is 0 Å². The molecule has 0 aromatic heterocycles. The predicted octanol–water partition coefficient (Wildman–Crippen LogP) is 6.21. The van der Waals surface area contributed by atoms with Crippen LogP contribution < -0.4 is 10.8 Å². The molecule has 1 aromatic carbocycles. The van der Waals surface area contributed by atoms with Crippen molar-refractivity contribution in [3.63, 3.8) is 0 Å². The highest BCUT2D eigenvalue weighted by atomic mass is 35.5. The van der Waals surface area contributed by atoms with Gasteiger partial charge in [0.05, 0.1) is 0 Å². The molecule has 5 atom stereocenters. The van der Waals surface area contributed by atoms with Crippen molar-refractivity contribution in [2.75, 3.05) is 7.05 Å². The van der Waals surface area contributed by atoms with E-state index < -0.39 is 0 Å². The molecular formula is C25H38ClN3O. The lowest BCUT2D eigenvalue weighted by Crippen LogP contribution is -2.45. The van der Waals surface area contributed by atoms with Crippen LogP contribution in [0.1, 0.15) is 82.8 Å². The summed E-state index contributed by atoms with van der Waals surface area (Å²) in [4.78, 5) is 10.2. The normalized spacial score (nSPS) is 29.9. The topological polar surface area (TPSA) is 45.7 Å². The smallest absolute Gasteiger partial charge is 0.242 e. The summed E-state index contributed by atoms with van der Waals surface area (Å²) in [7, 11) is 2.07. The molecule has 0 amide bonds. The molecule has 1 aliphatic carbocycles. The monoisotopic (exact) mass is 431 g/mol. The van der Waals surface area contributed by atoms with E-state index in [-0.39, 0.29) is 11.6 Å². The summed E-state index contributed by atoms with van der Waals surface area (Å²) in [5.41, 5.74) is 5.40. The van der Waals surface area contributed by atoms with Gasteiger partial charge >= 0.3 is 0 Å². The Bertz CT molecular complexity index is 765. The lowest BCUT2D eigenvalue weighted by Gasteiger charge is -2.48. The molecule has 30 heavy (non-hydrogen) atoms. The molecule has 5 heteroatoms. The third-order valence-corrected chi connectivity index (χ3v) is 7.56. The average Bonchev–Trinajstić information content (AvgIpc) is 3.22. The van der Waals surface area contributed by atoms with Crippen molar-refractivity contribution < 1.29 is 4.84 Å². The molecule has 0 radical (unpaired) electrons. The van der Waals surface area contributed by atoms with E-state index in [9.17, 15) is 0 Å². The van der Waals surface area contributed by atoms with Gasteiger partial charge in [-0.2, -0.15) is 0 Å². The summed E-state index contributed by atoms with van der Waals surface area (Å²) in [6.07, 6.45) is 10.1. The number of nitrogens with zero attached hydrogens (tertiary/aromatic N) is 1. The first-order valence-electron chi connectivity index (χ1n) is 11.6. The molecular weight excluding hydrogens is 394 g/mol. The van der Waals surface area contributed by atoms with Crippen LogP contribution in [0.2, 0.25) is 5.02 Å². The van der Waals surface area contributed by atoms with E-state index in [0.717, 1.165) is 36.3 Å². The van der Waals surface area contributed by atoms with E-state index in [1.165, 1.54) is 24.8 Å². The molecule has 3 rings (SSSR count). The zero-order valence-corrected chi connectivity index (χ0v) is 19.8. The second-order valence-corrected chi connectivity index (χ2v) is 9.44. The first kappa shape index (κ1) is 23.3. The molecule has 1 saturated carbocycles. The van der Waals surface area contributed by atoms with Crippen LogP contribution in [-0.2, 0) is 4.84 Å². The van der Waals surface area contributed by atoms with Crippen LogP contribution in [0, 0.1) is 11.3 Å². The highest BCUT2D eigenvalue weighted by Gasteiger charge is 2.43. The Balaban J connectivity index is 1.81. The number of hydrogen-bond donors (Lipinski definition) is 2. The van der Waals surface area contributed by atoms with Gasteiger partial charge in [-0.15, -0.1) is 12.1 Å². The standard InChI is InChI=1S/C25H38ClN3O/c1-6-9-23-28-24(30-29-23)19-10-11-20(22(26)16-19)18-12-14-25(8-3,13-7-2)21(15-18)17(4)27-5/h8,10-11,16-18,21,23,27,29H,3,6-7,9,12-15H2,1-2,4-5H3/t17?,18?,21?,23?,25-/m0/s1. The Morgan fingerprint density at radius 3 is 2.83 bits per heavy atom. The van der Waals surface area contributed by atoms with Crippen LogP contribution in [0.5, 0.6) is 0 Å². The van der Waals surface area contributed by atoms with Crippen molar-refractivity contribution in [1.82, 2.24) is 10.8 Å². The second-order valence-electron chi connectivity index (χ2n) is 9.04. The van der Waals surface area contributed by atoms with Gasteiger partial charge < -0.3 is 10.2 Å². The fraction of sp³-hybridized carbons (Fsp3) is 0.640. The lowest BCUT2D eigenvalue weighted by molar-refractivity contribution is 0.0945. The van der Waals surface area contributed by atoms with Gasteiger partial charge in [0.1, 0.15) is 6.17 Å². The third-order valence-electron chi connectivity index (χ3n) is 7.23. The van der Waals surface area contributed by atoms with Gasteiger partial charge in [0.15, 0.2) is 0 Å². The molecule has 2 N–H and O–H groups in total. The number of hydroxylamine groups is 1. The summed E-state index contributed by atoms with van der Waals surface area (Å²) in [5, 5.41) is 4.33. The number of benzene rings is 1. The summed E-state index contributed by atoms with van der Waals surface area (Å²) in [6, 6.07) is 6.75. The van der Waals surface area contributed by atoms with Crippen LogP contribution in [0.3, 0.4) is 0 Å². The van der Waals surface area contributed by atoms with Gasteiger partial charge in [-0.05, 0) is 81.0 Å². The Labute approximate surface area is 187 Å². The van der Waals surface area contributed by atoms with Crippen molar-refractivity contribution in [3.8, 4) is 0 Å². The molecule has 1 heterocycles. The van der Waals surface area contributed by atoms with Crippen molar-refractivity contribution in [1.29, 1.82) is 0 Å². The van der Waals surface area contributed by atoms with Crippen molar-refractivity contribution >= 4 is 17.5 Å². The maximum Gasteiger partial charge on any atom is 0.242 e. The molecule has 0 saturated heterocycles. The second kappa shape index (κ2) is 10.3. The Morgan fingerprint density at radius 1 is 1.40 bits per heavy atom. The Kier molecular flexibility index (Phi) is 8.00. The van der Waals surface area contributed by atoms with Gasteiger partial charge in [0, 0.05) is 16.6 Å². The fourth-order valence-corrected chi connectivity index (χ4v) is 5.78. The summed E-state index contributed by atoms with van der Waals surface area (Å²) >= 11 is 6.80. The van der Waals surface area contributed by atoms with Crippen molar-refractivity contribution in [2.45, 2.75) is 83.8 Å². The summed E-state index contributed by atoms with van der Waals surface area (Å²) in [5.74, 6) is 1.66. The average molecular weight is 432 g/mol. The number of hydrogen-bond acceptors (Lipinski definition) is 4. The molecule has 0 bridgehead atoms. The van der Waals surface area contributed by atoms with Gasteiger partial charge in [0.25, 0.3) is 0 Å². The van der Waals surface area contributed by atoms with Gasteiger partial charge in [-0.1, -0.05) is 50.4 Å². The number of allylic oxidation sites excluding steroid dienone is 1. The van der Waals surface area contributed by atoms with E-state index in [4.69, 9.17) is 16.4 Å². The van der Waals surface area contributed by atoms with Crippen LogP contribution in [0.4, 0.5) is 0 Å². The third kappa shape index (κ3) is 4.76. The molecule has 4 nitrogen and oxygen atoms in total. The summed E-state index contributed by atoms with van der Waals surface area (Å²) in [6.45, 7) is 11.0. The van der Waals surface area contributed by atoms with E-state index in [1.807, 2.05) is 6.07 Å². The zero-order valence-electron chi connectivity index (χ0n) is 19.0. The fourth-order valence-electron chi connectivity index (χ4n) is 5.44. The Hall–Kier alpha value is -1.36. The van der Waals surface area contributed by atoms with Crippen LogP contribution in [0.25, 0.3) is 0 Å². The number of aliphatic imine (C=N–C) groups is 1. The van der Waals surface area contributed by atoms with E-state index in [2.05, 4.69) is 68.4 Å². The van der Waals surface area contributed by atoms with Crippen molar-refractivity contribution in [2.24, 2.45) is 16.3 Å². The minimum Gasteiger partial charge on any atom is -0.386 e. The lowest BCUT2D eigenvalue weighted by atomic mass is 9.58. The Morgan fingerprint density at radius 2 is 2.20 bits per heavy atom. The number of nitrogens with one attached hydrogen (secondary N) is 2.